The third kappa shape index (κ3) is 3.43. The number of carbonyl (C=O) groups excluding carboxylic acids is 2. The standard InChI is InChI=1S/C23H23N5O2/c24-23(30)20-12-16-6-4-5-9-19(16)27(20)14-22(29)25-21-13-18(15-10-11-15)26-28(21)17-7-2-1-3-8-17/h1-9,13,15,20H,10-12,14H2,(H2,24,30)(H,25,29)/t20-/m0/s1. The van der Waals surface area contributed by atoms with Gasteiger partial charge in [0.2, 0.25) is 11.8 Å². The number of hydrogen-bond donors (Lipinski definition) is 2. The van der Waals surface area contributed by atoms with Gasteiger partial charge >= 0.3 is 0 Å². The van der Waals surface area contributed by atoms with Crippen molar-refractivity contribution in [3.63, 3.8) is 0 Å². The summed E-state index contributed by atoms with van der Waals surface area (Å²) in [6.45, 7) is 0.0450. The average Bonchev–Trinajstić information content (AvgIpc) is 3.42. The summed E-state index contributed by atoms with van der Waals surface area (Å²) in [5.74, 6) is 0.466. The van der Waals surface area contributed by atoms with E-state index in [4.69, 9.17) is 10.8 Å². The average molecular weight is 401 g/mol. The van der Waals surface area contributed by atoms with Gasteiger partial charge in [-0.1, -0.05) is 36.4 Å². The Morgan fingerprint density at radius 3 is 2.53 bits per heavy atom. The molecular formula is C23H23N5O2. The maximum absolute atomic E-state index is 13.0. The van der Waals surface area contributed by atoms with Gasteiger partial charge in [-0.25, -0.2) is 4.68 Å². The lowest BCUT2D eigenvalue weighted by molar-refractivity contribution is -0.119. The second-order valence-corrected chi connectivity index (χ2v) is 7.90. The van der Waals surface area contributed by atoms with E-state index >= 15 is 0 Å². The van der Waals surface area contributed by atoms with Crippen LogP contribution >= 0.6 is 0 Å². The number of benzene rings is 2. The van der Waals surface area contributed by atoms with Gasteiger partial charge in [0.05, 0.1) is 17.9 Å². The van der Waals surface area contributed by atoms with Crippen LogP contribution < -0.4 is 16.0 Å². The summed E-state index contributed by atoms with van der Waals surface area (Å²) < 4.78 is 1.77. The minimum atomic E-state index is -0.519. The molecule has 30 heavy (non-hydrogen) atoms. The topological polar surface area (TPSA) is 93.2 Å². The van der Waals surface area contributed by atoms with Crippen LogP contribution in [0.15, 0.2) is 60.7 Å². The van der Waals surface area contributed by atoms with Crippen LogP contribution in [0.2, 0.25) is 0 Å². The molecule has 0 radical (unpaired) electrons. The van der Waals surface area contributed by atoms with E-state index in [0.717, 1.165) is 35.5 Å². The Morgan fingerprint density at radius 2 is 1.80 bits per heavy atom. The number of rotatable bonds is 6. The maximum Gasteiger partial charge on any atom is 0.245 e. The highest BCUT2D eigenvalue weighted by molar-refractivity contribution is 5.96. The smallest absolute Gasteiger partial charge is 0.245 e. The van der Waals surface area contributed by atoms with E-state index in [9.17, 15) is 9.59 Å². The monoisotopic (exact) mass is 401 g/mol. The highest BCUT2D eigenvalue weighted by atomic mass is 16.2. The highest BCUT2D eigenvalue weighted by Crippen LogP contribution is 2.40. The molecule has 1 aromatic heterocycles. The molecule has 7 nitrogen and oxygen atoms in total. The second kappa shape index (κ2) is 7.33. The molecule has 0 saturated heterocycles. The quantitative estimate of drug-likeness (QED) is 0.664. The molecule has 0 unspecified atom stereocenters. The minimum absolute atomic E-state index is 0.0450. The van der Waals surface area contributed by atoms with Crippen molar-refractivity contribution in [2.45, 2.75) is 31.2 Å². The van der Waals surface area contributed by atoms with E-state index in [1.807, 2.05) is 60.7 Å². The van der Waals surface area contributed by atoms with Crippen LogP contribution in [0.5, 0.6) is 0 Å². The van der Waals surface area contributed by atoms with E-state index in [1.165, 1.54) is 0 Å². The SMILES string of the molecule is NC(=O)[C@@H]1Cc2ccccc2N1CC(=O)Nc1cc(C2CC2)nn1-c1ccccc1. The lowest BCUT2D eigenvalue weighted by Gasteiger charge is -2.24. The first kappa shape index (κ1) is 18.4. The molecule has 3 N–H and O–H groups in total. The van der Waals surface area contributed by atoms with Crippen molar-refractivity contribution in [2.75, 3.05) is 16.8 Å². The zero-order valence-corrected chi connectivity index (χ0v) is 16.5. The molecule has 3 aromatic rings. The lowest BCUT2D eigenvalue weighted by Crippen LogP contribution is -2.46. The van der Waals surface area contributed by atoms with Crippen molar-refractivity contribution in [3.05, 3.63) is 71.9 Å². The first-order valence-corrected chi connectivity index (χ1v) is 10.2. The number of aromatic nitrogens is 2. The summed E-state index contributed by atoms with van der Waals surface area (Å²) in [5.41, 5.74) is 9.41. The molecular weight excluding hydrogens is 378 g/mol. The Balaban J connectivity index is 1.40. The first-order chi connectivity index (χ1) is 14.6. The van der Waals surface area contributed by atoms with Crippen LogP contribution in [0.25, 0.3) is 5.69 Å². The molecule has 1 atom stereocenters. The second-order valence-electron chi connectivity index (χ2n) is 7.90. The van der Waals surface area contributed by atoms with Crippen molar-refractivity contribution >= 4 is 23.3 Å². The normalized spacial score (nSPS) is 17.6. The summed E-state index contributed by atoms with van der Waals surface area (Å²) in [7, 11) is 0. The van der Waals surface area contributed by atoms with Gasteiger partial charge in [0.15, 0.2) is 0 Å². The number of carbonyl (C=O) groups is 2. The molecule has 7 heteroatoms. The Morgan fingerprint density at radius 1 is 1.07 bits per heavy atom. The van der Waals surface area contributed by atoms with Gasteiger partial charge in [0, 0.05) is 24.1 Å². The number of nitrogens with zero attached hydrogens (tertiary/aromatic N) is 3. The van der Waals surface area contributed by atoms with Crippen molar-refractivity contribution in [3.8, 4) is 5.69 Å². The van der Waals surface area contributed by atoms with Crippen molar-refractivity contribution in [1.82, 2.24) is 9.78 Å². The van der Waals surface area contributed by atoms with Crippen molar-refractivity contribution < 1.29 is 9.59 Å². The molecule has 1 aliphatic carbocycles. The molecule has 5 rings (SSSR count). The highest BCUT2D eigenvalue weighted by Gasteiger charge is 2.34. The van der Waals surface area contributed by atoms with E-state index in [0.29, 0.717) is 18.2 Å². The summed E-state index contributed by atoms with van der Waals surface area (Å²) in [5, 5.41) is 7.72. The number of hydrogen-bond acceptors (Lipinski definition) is 4. The van der Waals surface area contributed by atoms with Gasteiger partial charge in [-0.15, -0.1) is 0 Å². The molecule has 0 spiro atoms. The number of para-hydroxylation sites is 2. The molecule has 152 valence electrons. The predicted octanol–water partition coefficient (Wildman–Crippen LogP) is 2.60. The zero-order valence-electron chi connectivity index (χ0n) is 16.5. The Kier molecular flexibility index (Phi) is 4.50. The number of primary amides is 1. The summed E-state index contributed by atoms with van der Waals surface area (Å²) in [6.07, 6.45) is 2.78. The fraction of sp³-hybridized carbons (Fsp3) is 0.261. The summed E-state index contributed by atoms with van der Waals surface area (Å²) in [6, 6.07) is 18.9. The molecule has 2 amide bonds. The first-order valence-electron chi connectivity index (χ1n) is 10.2. The molecule has 1 saturated carbocycles. The van der Waals surface area contributed by atoms with Crippen LogP contribution in [0, 0.1) is 0 Å². The largest absolute Gasteiger partial charge is 0.368 e. The van der Waals surface area contributed by atoms with Gasteiger partial charge in [-0.3, -0.25) is 9.59 Å². The third-order valence-corrected chi connectivity index (χ3v) is 5.73. The van der Waals surface area contributed by atoms with Crippen molar-refractivity contribution in [1.29, 1.82) is 0 Å². The number of amides is 2. The predicted molar refractivity (Wildman–Crippen MR) is 115 cm³/mol. The van der Waals surface area contributed by atoms with Gasteiger partial charge < -0.3 is 16.0 Å². The van der Waals surface area contributed by atoms with Crippen molar-refractivity contribution in [2.24, 2.45) is 5.73 Å². The number of nitrogens with one attached hydrogen (secondary N) is 1. The molecule has 2 heterocycles. The summed E-state index contributed by atoms with van der Waals surface area (Å²) >= 11 is 0. The van der Waals surface area contributed by atoms with Crippen LogP contribution in [0.4, 0.5) is 11.5 Å². The van der Waals surface area contributed by atoms with E-state index in [2.05, 4.69) is 5.32 Å². The molecule has 0 bridgehead atoms. The zero-order chi connectivity index (χ0) is 20.7. The third-order valence-electron chi connectivity index (χ3n) is 5.73. The van der Waals surface area contributed by atoms with Crippen LogP contribution in [0.1, 0.15) is 30.0 Å². The fourth-order valence-electron chi connectivity index (χ4n) is 4.07. The minimum Gasteiger partial charge on any atom is -0.368 e. The van der Waals surface area contributed by atoms with E-state index < -0.39 is 11.9 Å². The van der Waals surface area contributed by atoms with Gasteiger partial charge in [0.1, 0.15) is 11.9 Å². The number of anilines is 2. The Hall–Kier alpha value is -3.61. The lowest BCUT2D eigenvalue weighted by atomic mass is 10.1. The maximum atomic E-state index is 13.0. The van der Waals surface area contributed by atoms with Crippen LogP contribution in [0.3, 0.4) is 0 Å². The Labute approximate surface area is 174 Å². The van der Waals surface area contributed by atoms with Crippen LogP contribution in [-0.2, 0) is 16.0 Å². The summed E-state index contributed by atoms with van der Waals surface area (Å²) in [4.78, 5) is 26.7. The molecule has 1 aliphatic heterocycles. The van der Waals surface area contributed by atoms with Gasteiger partial charge in [0.25, 0.3) is 0 Å². The van der Waals surface area contributed by atoms with E-state index in [1.54, 1.807) is 9.58 Å². The Bertz CT molecular complexity index is 1100. The fourth-order valence-corrected chi connectivity index (χ4v) is 4.07. The number of nitrogens with two attached hydrogens (primary N) is 1. The molecule has 2 aliphatic rings. The molecule has 2 aromatic carbocycles. The van der Waals surface area contributed by atoms with Gasteiger partial charge in [-0.05, 0) is 36.6 Å². The van der Waals surface area contributed by atoms with E-state index in [-0.39, 0.29) is 12.5 Å². The van der Waals surface area contributed by atoms with Gasteiger partial charge in [-0.2, -0.15) is 5.10 Å². The van der Waals surface area contributed by atoms with Crippen LogP contribution in [-0.4, -0.2) is 34.2 Å². The number of fused-ring (bicyclic) bond motifs is 1. The molecule has 1 fully saturated rings.